The Morgan fingerprint density at radius 1 is 1.50 bits per heavy atom. The number of hydrogen-bond donors (Lipinski definition) is 2. The number of benzene rings is 1. The molecule has 5 heteroatoms. The number of carbonyl (C=O) groups is 1. The Balaban J connectivity index is 2.24. The molecular weight excluding hydrogens is 229 g/mol. The van der Waals surface area contributed by atoms with Crippen LogP contribution in [0.25, 0.3) is 10.9 Å². The summed E-state index contributed by atoms with van der Waals surface area (Å²) in [6.07, 6.45) is 2.66. The van der Waals surface area contributed by atoms with Crippen LogP contribution in [0.4, 0.5) is 0 Å². The molecule has 2 N–H and O–H groups in total. The molecule has 1 heterocycles. The number of rotatable bonds is 6. The number of aromatic amines is 1. The van der Waals surface area contributed by atoms with Gasteiger partial charge in [-0.3, -0.25) is 10.1 Å². The summed E-state index contributed by atoms with van der Waals surface area (Å²) >= 11 is 0. The van der Waals surface area contributed by atoms with Crippen LogP contribution in [0.5, 0.6) is 0 Å². The van der Waals surface area contributed by atoms with Crippen molar-refractivity contribution in [2.45, 2.75) is 19.7 Å². The molecular formula is C13H16BNO3. The van der Waals surface area contributed by atoms with Gasteiger partial charge in [0.05, 0.1) is 6.61 Å². The third-order valence-corrected chi connectivity index (χ3v) is 3.09. The van der Waals surface area contributed by atoms with Gasteiger partial charge in [-0.05, 0) is 12.5 Å². The Kier molecular flexibility index (Phi) is 4.17. The highest BCUT2D eigenvalue weighted by Crippen LogP contribution is 2.18. The second-order valence-corrected chi connectivity index (χ2v) is 4.30. The van der Waals surface area contributed by atoms with Crippen molar-refractivity contribution in [3.63, 3.8) is 0 Å². The molecule has 0 bridgehead atoms. The lowest BCUT2D eigenvalue weighted by atomic mass is 9.73. The van der Waals surface area contributed by atoms with Crippen LogP contribution in [-0.2, 0) is 4.89 Å². The third-order valence-electron chi connectivity index (χ3n) is 3.09. The second-order valence-electron chi connectivity index (χ2n) is 4.30. The van der Waals surface area contributed by atoms with Crippen molar-refractivity contribution >= 4 is 29.4 Å². The molecule has 0 saturated heterocycles. The maximum absolute atomic E-state index is 12.0. The molecule has 4 nitrogen and oxygen atoms in total. The number of ketones is 1. The van der Waals surface area contributed by atoms with Crippen LogP contribution in [-0.4, -0.2) is 29.9 Å². The normalized spacial score (nSPS) is 10.8. The number of H-pyrrole nitrogens is 1. The van der Waals surface area contributed by atoms with E-state index in [-0.39, 0.29) is 12.4 Å². The molecule has 1 aromatic heterocycles. The second kappa shape index (κ2) is 5.84. The first-order chi connectivity index (χ1) is 8.76. The fraction of sp³-hybridized carbons (Fsp3) is 0.308. The maximum atomic E-state index is 12.0. The van der Waals surface area contributed by atoms with Crippen LogP contribution in [0.2, 0.25) is 6.82 Å². The number of nitrogens with one attached hydrogen (secondary N) is 1. The monoisotopic (exact) mass is 245 g/mol. The van der Waals surface area contributed by atoms with Crippen LogP contribution < -0.4 is 5.46 Å². The van der Waals surface area contributed by atoms with Crippen molar-refractivity contribution in [2.75, 3.05) is 6.61 Å². The van der Waals surface area contributed by atoms with E-state index in [1.165, 1.54) is 5.46 Å². The molecule has 0 amide bonds. The fourth-order valence-corrected chi connectivity index (χ4v) is 2.05. The van der Waals surface area contributed by atoms with E-state index in [1.54, 1.807) is 6.20 Å². The molecule has 0 saturated carbocycles. The van der Waals surface area contributed by atoms with Gasteiger partial charge in [-0.25, -0.2) is 4.89 Å². The molecule has 2 rings (SSSR count). The van der Waals surface area contributed by atoms with Crippen LogP contribution >= 0.6 is 0 Å². The van der Waals surface area contributed by atoms with Crippen LogP contribution in [0.15, 0.2) is 24.4 Å². The predicted molar refractivity (Wildman–Crippen MR) is 73.1 cm³/mol. The fourth-order valence-electron chi connectivity index (χ4n) is 2.05. The lowest BCUT2D eigenvalue weighted by Crippen LogP contribution is -2.09. The molecule has 0 aliphatic carbocycles. The van der Waals surface area contributed by atoms with Crippen molar-refractivity contribution in [2.24, 2.45) is 0 Å². The summed E-state index contributed by atoms with van der Waals surface area (Å²) in [6, 6.07) is 6.12. The van der Waals surface area contributed by atoms with E-state index >= 15 is 0 Å². The van der Waals surface area contributed by atoms with E-state index in [4.69, 9.17) is 5.26 Å². The summed E-state index contributed by atoms with van der Waals surface area (Å²) in [5, 5.41) is 9.21. The van der Waals surface area contributed by atoms with Crippen LogP contribution in [0.1, 0.15) is 23.2 Å². The zero-order valence-corrected chi connectivity index (χ0v) is 10.4. The minimum absolute atomic E-state index is 0.0755. The average Bonchev–Trinajstić information content (AvgIpc) is 2.81. The topological polar surface area (TPSA) is 62.3 Å². The smallest absolute Gasteiger partial charge is 0.165 e. The minimum Gasteiger partial charge on any atom is -0.360 e. The molecule has 1 aromatic carbocycles. The molecule has 94 valence electrons. The zero-order chi connectivity index (χ0) is 13.0. The van der Waals surface area contributed by atoms with Gasteiger partial charge >= 0.3 is 0 Å². The molecule has 0 unspecified atom stereocenters. The van der Waals surface area contributed by atoms with E-state index in [0.29, 0.717) is 12.8 Å². The predicted octanol–water partition coefficient (Wildman–Crippen LogP) is 1.73. The first-order valence-electron chi connectivity index (χ1n) is 6.15. The molecule has 2 aromatic rings. The van der Waals surface area contributed by atoms with Crippen molar-refractivity contribution in [1.82, 2.24) is 4.98 Å². The van der Waals surface area contributed by atoms with Gasteiger partial charge in [-0.1, -0.05) is 24.4 Å². The van der Waals surface area contributed by atoms with E-state index in [1.807, 2.05) is 6.07 Å². The molecule has 0 aliphatic heterocycles. The number of hydrogen-bond acceptors (Lipinski definition) is 3. The first-order valence-corrected chi connectivity index (χ1v) is 6.15. The lowest BCUT2D eigenvalue weighted by molar-refractivity contribution is -0.242. The van der Waals surface area contributed by atoms with Gasteiger partial charge in [0.2, 0.25) is 0 Å². The SMILES string of the molecule is CBc1ccc2[nH]cc(C(=O)CCCOO)c2c1. The van der Waals surface area contributed by atoms with Gasteiger partial charge in [-0.15, -0.1) is 0 Å². The number of Topliss-reactive ketones (excluding diaryl/α,β-unsaturated/α-hetero) is 1. The van der Waals surface area contributed by atoms with Crippen LogP contribution in [0.3, 0.4) is 0 Å². The van der Waals surface area contributed by atoms with E-state index in [0.717, 1.165) is 23.7 Å². The molecule has 0 spiro atoms. The van der Waals surface area contributed by atoms with Crippen molar-refractivity contribution < 1.29 is 14.9 Å². The summed E-state index contributed by atoms with van der Waals surface area (Å²) in [7, 11) is 0.951. The average molecular weight is 245 g/mol. The Bertz CT molecular complexity index is 550. The Morgan fingerprint density at radius 3 is 3.06 bits per heavy atom. The summed E-state index contributed by atoms with van der Waals surface area (Å²) < 4.78 is 0. The Hall–Kier alpha value is -1.59. The molecule has 0 fully saturated rings. The van der Waals surface area contributed by atoms with Crippen LogP contribution in [0, 0.1) is 0 Å². The maximum Gasteiger partial charge on any atom is 0.165 e. The van der Waals surface area contributed by atoms with Crippen molar-refractivity contribution in [3.05, 3.63) is 30.0 Å². The highest BCUT2D eigenvalue weighted by atomic mass is 17.1. The molecule has 0 atom stereocenters. The van der Waals surface area contributed by atoms with Gasteiger partial charge in [0, 0.05) is 29.1 Å². The summed E-state index contributed by atoms with van der Waals surface area (Å²) in [5.41, 5.74) is 2.92. The minimum atomic E-state index is 0.0755. The standard InChI is InChI=1S/C13H16BNO3/c1-14-9-4-5-12-10(7-9)11(8-15-12)13(16)3-2-6-18-17/h4-5,7-8,14-15,17H,2-3,6H2,1H3. The largest absolute Gasteiger partial charge is 0.360 e. The highest BCUT2D eigenvalue weighted by Gasteiger charge is 2.12. The lowest BCUT2D eigenvalue weighted by Gasteiger charge is -2.00. The van der Waals surface area contributed by atoms with Crippen molar-refractivity contribution in [3.8, 4) is 0 Å². The van der Waals surface area contributed by atoms with E-state index < -0.39 is 0 Å². The zero-order valence-electron chi connectivity index (χ0n) is 10.4. The summed E-state index contributed by atoms with van der Waals surface area (Å²) in [4.78, 5) is 19.1. The number of aromatic nitrogens is 1. The molecule has 18 heavy (non-hydrogen) atoms. The third kappa shape index (κ3) is 2.63. The molecule has 0 radical (unpaired) electrons. The summed E-state index contributed by atoms with van der Waals surface area (Å²) in [6.45, 7) is 2.28. The first kappa shape index (κ1) is 12.9. The van der Waals surface area contributed by atoms with Gasteiger partial charge in [0.25, 0.3) is 0 Å². The Labute approximate surface area is 106 Å². The highest BCUT2D eigenvalue weighted by molar-refractivity contribution is 6.52. The Morgan fingerprint density at radius 2 is 2.33 bits per heavy atom. The van der Waals surface area contributed by atoms with Gasteiger partial charge in [0.15, 0.2) is 13.1 Å². The summed E-state index contributed by atoms with van der Waals surface area (Å²) in [5.74, 6) is 0.0755. The van der Waals surface area contributed by atoms with Gasteiger partial charge in [-0.2, -0.15) is 0 Å². The van der Waals surface area contributed by atoms with Crippen molar-refractivity contribution in [1.29, 1.82) is 0 Å². The number of carbonyl (C=O) groups excluding carboxylic acids is 1. The van der Waals surface area contributed by atoms with E-state index in [9.17, 15) is 4.79 Å². The van der Waals surface area contributed by atoms with E-state index in [2.05, 4.69) is 28.8 Å². The van der Waals surface area contributed by atoms with Gasteiger partial charge in [0.1, 0.15) is 0 Å². The van der Waals surface area contributed by atoms with Gasteiger partial charge < -0.3 is 4.98 Å². The molecule has 0 aliphatic rings. The number of fused-ring (bicyclic) bond motifs is 1. The quantitative estimate of drug-likeness (QED) is 0.268.